The minimum absolute atomic E-state index is 0.0155. The Kier molecular flexibility index (Phi) is 6.71. The summed E-state index contributed by atoms with van der Waals surface area (Å²) in [7, 11) is 0. The molecule has 1 aromatic rings. The fraction of sp³-hybridized carbons (Fsp3) is 0.286. The number of ether oxygens (including phenoxy) is 1. The standard InChI is InChI=1S/C14H15FN2O4/c15-12-5-4-10(3-1-2-7-18)9-11(12)13(19)17-6-8-21-14(16)20/h4-5,9,18H,2,6-8H2,(H2,16,20)(H,17,19). The number of nitrogens with one attached hydrogen (secondary N) is 1. The van der Waals surface area contributed by atoms with Crippen LogP contribution in [0, 0.1) is 17.7 Å². The largest absolute Gasteiger partial charge is 0.448 e. The summed E-state index contributed by atoms with van der Waals surface area (Å²) in [6.07, 6.45) is -0.653. The molecule has 0 aliphatic heterocycles. The number of nitrogens with two attached hydrogens (primary N) is 1. The number of aliphatic hydroxyl groups excluding tert-OH is 1. The minimum atomic E-state index is -0.948. The molecular formula is C14H15FN2O4. The third-order valence-electron chi connectivity index (χ3n) is 2.31. The first-order valence-electron chi connectivity index (χ1n) is 6.14. The molecule has 7 heteroatoms. The zero-order valence-corrected chi connectivity index (χ0v) is 11.2. The molecule has 0 saturated carbocycles. The van der Waals surface area contributed by atoms with Crippen molar-refractivity contribution in [2.24, 2.45) is 5.73 Å². The van der Waals surface area contributed by atoms with E-state index in [0.717, 1.165) is 6.07 Å². The van der Waals surface area contributed by atoms with E-state index >= 15 is 0 Å². The highest BCUT2D eigenvalue weighted by atomic mass is 19.1. The molecule has 0 aromatic heterocycles. The van der Waals surface area contributed by atoms with Gasteiger partial charge in [0, 0.05) is 12.0 Å². The van der Waals surface area contributed by atoms with Crippen LogP contribution in [-0.4, -0.2) is 36.9 Å². The minimum Gasteiger partial charge on any atom is -0.448 e. The summed E-state index contributed by atoms with van der Waals surface area (Å²) in [4.78, 5) is 22.1. The molecule has 0 bridgehead atoms. The Bertz CT molecular complexity index is 578. The number of hydrogen-bond donors (Lipinski definition) is 3. The van der Waals surface area contributed by atoms with Crippen molar-refractivity contribution in [3.8, 4) is 11.8 Å². The Hall–Kier alpha value is -2.59. The van der Waals surface area contributed by atoms with Crippen LogP contribution < -0.4 is 11.1 Å². The van der Waals surface area contributed by atoms with Crippen LogP contribution in [0.2, 0.25) is 0 Å². The van der Waals surface area contributed by atoms with E-state index in [-0.39, 0.29) is 25.3 Å². The third kappa shape index (κ3) is 5.93. The lowest BCUT2D eigenvalue weighted by molar-refractivity contribution is 0.0932. The van der Waals surface area contributed by atoms with Crippen molar-refractivity contribution >= 4 is 12.0 Å². The van der Waals surface area contributed by atoms with Gasteiger partial charge in [-0.25, -0.2) is 9.18 Å². The molecule has 0 aliphatic rings. The molecule has 21 heavy (non-hydrogen) atoms. The maximum atomic E-state index is 13.6. The van der Waals surface area contributed by atoms with Gasteiger partial charge < -0.3 is 20.9 Å². The van der Waals surface area contributed by atoms with E-state index in [9.17, 15) is 14.0 Å². The molecule has 0 atom stereocenters. The third-order valence-corrected chi connectivity index (χ3v) is 2.31. The van der Waals surface area contributed by atoms with Crippen LogP contribution in [0.4, 0.5) is 9.18 Å². The van der Waals surface area contributed by atoms with Crippen LogP contribution in [0.5, 0.6) is 0 Å². The maximum Gasteiger partial charge on any atom is 0.404 e. The molecule has 4 N–H and O–H groups in total. The first-order chi connectivity index (χ1) is 10.0. The predicted octanol–water partition coefficient (Wildman–Crippen LogP) is 0.385. The fourth-order valence-electron chi connectivity index (χ4n) is 1.41. The Morgan fingerprint density at radius 1 is 1.43 bits per heavy atom. The van der Waals surface area contributed by atoms with Crippen LogP contribution in [-0.2, 0) is 4.74 Å². The lowest BCUT2D eigenvalue weighted by Crippen LogP contribution is -2.29. The summed E-state index contributed by atoms with van der Waals surface area (Å²) in [5.41, 5.74) is 5.05. The molecule has 6 nitrogen and oxygen atoms in total. The Morgan fingerprint density at radius 3 is 2.86 bits per heavy atom. The van der Waals surface area contributed by atoms with Crippen molar-refractivity contribution in [1.82, 2.24) is 5.32 Å². The van der Waals surface area contributed by atoms with Gasteiger partial charge in [0.05, 0.1) is 18.7 Å². The molecular weight excluding hydrogens is 279 g/mol. The number of carbonyl (C=O) groups is 2. The lowest BCUT2D eigenvalue weighted by atomic mass is 10.1. The van der Waals surface area contributed by atoms with Gasteiger partial charge in [-0.3, -0.25) is 4.79 Å². The summed E-state index contributed by atoms with van der Waals surface area (Å²) in [5, 5.41) is 11.0. The van der Waals surface area contributed by atoms with Gasteiger partial charge >= 0.3 is 6.09 Å². The second kappa shape index (κ2) is 8.55. The maximum absolute atomic E-state index is 13.6. The van der Waals surface area contributed by atoms with Gasteiger partial charge in [0.2, 0.25) is 0 Å². The molecule has 0 radical (unpaired) electrons. The zero-order valence-electron chi connectivity index (χ0n) is 11.2. The highest BCUT2D eigenvalue weighted by Gasteiger charge is 2.11. The van der Waals surface area contributed by atoms with E-state index in [1.165, 1.54) is 12.1 Å². The summed E-state index contributed by atoms with van der Waals surface area (Å²) < 4.78 is 18.0. The number of carbonyl (C=O) groups excluding carboxylic acids is 2. The van der Waals surface area contributed by atoms with E-state index in [1.807, 2.05) is 0 Å². The monoisotopic (exact) mass is 294 g/mol. The molecule has 2 amide bonds. The van der Waals surface area contributed by atoms with Crippen molar-refractivity contribution in [3.63, 3.8) is 0 Å². The number of amides is 2. The topological polar surface area (TPSA) is 102 Å². The highest BCUT2D eigenvalue weighted by molar-refractivity contribution is 5.94. The van der Waals surface area contributed by atoms with Crippen molar-refractivity contribution < 1.29 is 23.8 Å². The van der Waals surface area contributed by atoms with Crippen molar-refractivity contribution in [2.75, 3.05) is 19.8 Å². The van der Waals surface area contributed by atoms with E-state index < -0.39 is 17.8 Å². The van der Waals surface area contributed by atoms with Gasteiger partial charge in [-0.2, -0.15) is 0 Å². The van der Waals surface area contributed by atoms with Crippen molar-refractivity contribution in [1.29, 1.82) is 0 Å². The van der Waals surface area contributed by atoms with Gasteiger partial charge in [-0.1, -0.05) is 11.8 Å². The molecule has 1 rings (SSSR count). The molecule has 0 saturated heterocycles. The highest BCUT2D eigenvalue weighted by Crippen LogP contribution is 2.10. The average molecular weight is 294 g/mol. The van der Waals surface area contributed by atoms with E-state index in [4.69, 9.17) is 10.8 Å². The molecule has 112 valence electrons. The van der Waals surface area contributed by atoms with Crippen LogP contribution >= 0.6 is 0 Å². The van der Waals surface area contributed by atoms with Crippen LogP contribution in [0.3, 0.4) is 0 Å². The normalized spacial score (nSPS) is 9.43. The SMILES string of the molecule is NC(=O)OCCNC(=O)c1cc(C#CCCO)ccc1F. The molecule has 0 heterocycles. The molecule has 1 aromatic carbocycles. The smallest absolute Gasteiger partial charge is 0.404 e. The Morgan fingerprint density at radius 2 is 2.19 bits per heavy atom. The van der Waals surface area contributed by atoms with Crippen molar-refractivity contribution in [3.05, 3.63) is 35.1 Å². The molecule has 0 fully saturated rings. The van der Waals surface area contributed by atoms with Gasteiger partial charge in [-0.15, -0.1) is 0 Å². The number of aliphatic hydroxyl groups is 1. The van der Waals surface area contributed by atoms with E-state index in [0.29, 0.717) is 12.0 Å². The van der Waals surface area contributed by atoms with Gasteiger partial charge in [0.25, 0.3) is 5.91 Å². The first kappa shape index (κ1) is 16.5. The van der Waals surface area contributed by atoms with Crippen LogP contribution in [0.1, 0.15) is 22.3 Å². The summed E-state index contributed by atoms with van der Waals surface area (Å²) in [6, 6.07) is 3.88. The fourth-order valence-corrected chi connectivity index (χ4v) is 1.41. The Balaban J connectivity index is 2.68. The number of rotatable bonds is 5. The zero-order chi connectivity index (χ0) is 15.7. The Labute approximate surface area is 121 Å². The van der Waals surface area contributed by atoms with Crippen molar-refractivity contribution in [2.45, 2.75) is 6.42 Å². The van der Waals surface area contributed by atoms with Gasteiger partial charge in [0.1, 0.15) is 12.4 Å². The average Bonchev–Trinajstić information content (AvgIpc) is 2.45. The van der Waals surface area contributed by atoms with Gasteiger partial charge in [0.15, 0.2) is 0 Å². The first-order valence-corrected chi connectivity index (χ1v) is 6.14. The number of benzene rings is 1. The number of primary amides is 1. The second-order valence-electron chi connectivity index (χ2n) is 3.89. The lowest BCUT2D eigenvalue weighted by Gasteiger charge is -2.06. The predicted molar refractivity (Wildman–Crippen MR) is 72.8 cm³/mol. The number of halogens is 1. The summed E-state index contributed by atoms with van der Waals surface area (Å²) in [5.74, 6) is 4.05. The summed E-state index contributed by atoms with van der Waals surface area (Å²) >= 11 is 0. The van der Waals surface area contributed by atoms with Crippen LogP contribution in [0.15, 0.2) is 18.2 Å². The van der Waals surface area contributed by atoms with Gasteiger partial charge in [-0.05, 0) is 18.2 Å². The summed E-state index contributed by atoms with van der Waals surface area (Å²) in [6.45, 7) is -0.151. The molecule has 0 aliphatic carbocycles. The molecule has 0 unspecified atom stereocenters. The second-order valence-corrected chi connectivity index (χ2v) is 3.89. The van der Waals surface area contributed by atoms with Crippen LogP contribution in [0.25, 0.3) is 0 Å². The van der Waals surface area contributed by atoms with E-state index in [2.05, 4.69) is 21.9 Å². The van der Waals surface area contributed by atoms with E-state index in [1.54, 1.807) is 0 Å². The quantitative estimate of drug-likeness (QED) is 0.540. The molecule has 0 spiro atoms. The number of hydrogen-bond acceptors (Lipinski definition) is 4.